The Kier molecular flexibility index (Phi) is 4.08. The van der Waals surface area contributed by atoms with Crippen LogP contribution in [0.3, 0.4) is 0 Å². The van der Waals surface area contributed by atoms with Gasteiger partial charge in [-0.2, -0.15) is 0 Å². The molecule has 0 amide bonds. The SMILES string of the molecule is c1cc(-c2ccc3ccc4cccnc4c3c2)cc(-c2cccc3c2sc2ccccc23)c1. The summed E-state index contributed by atoms with van der Waals surface area (Å²) >= 11 is 1.88. The van der Waals surface area contributed by atoms with Crippen molar-refractivity contribution >= 4 is 53.2 Å². The predicted octanol–water partition coefficient (Wildman–Crippen LogP) is 9.09. The summed E-state index contributed by atoms with van der Waals surface area (Å²) in [6.07, 6.45) is 1.88. The highest BCUT2D eigenvalue weighted by Gasteiger charge is 2.11. The number of fused-ring (bicyclic) bond motifs is 6. The molecular weight excluding hydrogens is 418 g/mol. The normalized spacial score (nSPS) is 11.6. The third-order valence-electron chi connectivity index (χ3n) is 6.50. The molecule has 0 radical (unpaired) electrons. The van der Waals surface area contributed by atoms with Crippen LogP contribution in [0.2, 0.25) is 0 Å². The van der Waals surface area contributed by atoms with Gasteiger partial charge in [0.25, 0.3) is 0 Å². The second-order valence-electron chi connectivity index (χ2n) is 8.44. The molecule has 0 aliphatic carbocycles. The zero-order valence-electron chi connectivity index (χ0n) is 17.8. The smallest absolute Gasteiger partial charge is 0.0780 e. The second-order valence-corrected chi connectivity index (χ2v) is 9.49. The van der Waals surface area contributed by atoms with E-state index in [1.54, 1.807) is 0 Å². The van der Waals surface area contributed by atoms with Gasteiger partial charge in [-0.05, 0) is 51.9 Å². The van der Waals surface area contributed by atoms with E-state index in [1.165, 1.54) is 58.6 Å². The zero-order valence-corrected chi connectivity index (χ0v) is 18.6. The summed E-state index contributed by atoms with van der Waals surface area (Å²) in [5.74, 6) is 0. The maximum absolute atomic E-state index is 4.67. The molecule has 0 saturated carbocycles. The summed E-state index contributed by atoms with van der Waals surface area (Å²) in [6.45, 7) is 0. The predicted molar refractivity (Wildman–Crippen MR) is 143 cm³/mol. The Balaban J connectivity index is 1.41. The Morgan fingerprint density at radius 3 is 2.30 bits per heavy atom. The number of aromatic nitrogens is 1. The molecule has 7 rings (SSSR count). The molecule has 1 nitrogen and oxygen atoms in total. The maximum atomic E-state index is 4.67. The Morgan fingerprint density at radius 1 is 0.515 bits per heavy atom. The first kappa shape index (κ1) is 18.6. The van der Waals surface area contributed by atoms with Gasteiger partial charge >= 0.3 is 0 Å². The van der Waals surface area contributed by atoms with Gasteiger partial charge < -0.3 is 0 Å². The van der Waals surface area contributed by atoms with Gasteiger partial charge in [0.2, 0.25) is 0 Å². The number of thiophene rings is 1. The lowest BCUT2D eigenvalue weighted by Gasteiger charge is -2.09. The lowest BCUT2D eigenvalue weighted by molar-refractivity contribution is 1.43. The quantitative estimate of drug-likeness (QED) is 0.246. The van der Waals surface area contributed by atoms with Crippen LogP contribution in [-0.4, -0.2) is 4.98 Å². The Labute approximate surface area is 195 Å². The van der Waals surface area contributed by atoms with E-state index < -0.39 is 0 Å². The minimum Gasteiger partial charge on any atom is -0.256 e. The summed E-state index contributed by atoms with van der Waals surface area (Å²) in [4.78, 5) is 4.67. The van der Waals surface area contributed by atoms with Crippen molar-refractivity contribution in [3.05, 3.63) is 115 Å². The van der Waals surface area contributed by atoms with Gasteiger partial charge in [0.15, 0.2) is 0 Å². The summed E-state index contributed by atoms with van der Waals surface area (Å²) in [5.41, 5.74) is 6.04. The van der Waals surface area contributed by atoms with Gasteiger partial charge in [0.05, 0.1) is 5.52 Å². The van der Waals surface area contributed by atoms with E-state index in [-0.39, 0.29) is 0 Å². The molecule has 33 heavy (non-hydrogen) atoms. The average Bonchev–Trinajstić information content (AvgIpc) is 3.27. The molecule has 2 heteroatoms. The highest BCUT2D eigenvalue weighted by Crippen LogP contribution is 2.40. The monoisotopic (exact) mass is 437 g/mol. The van der Waals surface area contributed by atoms with Crippen molar-refractivity contribution in [2.45, 2.75) is 0 Å². The third kappa shape index (κ3) is 2.95. The van der Waals surface area contributed by atoms with E-state index in [2.05, 4.69) is 108 Å². The van der Waals surface area contributed by atoms with Gasteiger partial charge in [-0.15, -0.1) is 11.3 Å². The molecule has 0 atom stereocenters. The number of pyridine rings is 1. The van der Waals surface area contributed by atoms with Crippen molar-refractivity contribution in [3.63, 3.8) is 0 Å². The van der Waals surface area contributed by atoms with Crippen LogP contribution >= 0.6 is 11.3 Å². The molecule has 2 heterocycles. The molecule has 0 spiro atoms. The zero-order chi connectivity index (χ0) is 21.8. The first-order valence-corrected chi connectivity index (χ1v) is 12.0. The molecular formula is C31H19NS. The fourth-order valence-corrected chi connectivity index (χ4v) is 6.12. The van der Waals surface area contributed by atoms with Crippen molar-refractivity contribution in [1.82, 2.24) is 4.98 Å². The van der Waals surface area contributed by atoms with Crippen LogP contribution < -0.4 is 0 Å². The molecule has 0 N–H and O–H groups in total. The lowest BCUT2D eigenvalue weighted by Crippen LogP contribution is -1.85. The van der Waals surface area contributed by atoms with E-state index >= 15 is 0 Å². The fourth-order valence-electron chi connectivity index (χ4n) is 4.88. The van der Waals surface area contributed by atoms with Gasteiger partial charge in [-0.3, -0.25) is 4.98 Å². The second kappa shape index (κ2) is 7.26. The van der Waals surface area contributed by atoms with Crippen molar-refractivity contribution in [3.8, 4) is 22.3 Å². The Morgan fingerprint density at radius 2 is 1.30 bits per heavy atom. The van der Waals surface area contributed by atoms with E-state index in [0.717, 1.165) is 5.52 Å². The molecule has 0 aliphatic rings. The minimum absolute atomic E-state index is 1.06. The molecule has 2 aromatic heterocycles. The van der Waals surface area contributed by atoms with Crippen molar-refractivity contribution in [1.29, 1.82) is 0 Å². The van der Waals surface area contributed by atoms with E-state index in [1.807, 2.05) is 23.6 Å². The number of benzene rings is 5. The van der Waals surface area contributed by atoms with Crippen molar-refractivity contribution < 1.29 is 0 Å². The molecule has 0 bridgehead atoms. The summed E-state index contributed by atoms with van der Waals surface area (Å²) in [5, 5.41) is 6.26. The Hall–Kier alpha value is -4.01. The molecule has 0 unspecified atom stereocenters. The van der Waals surface area contributed by atoms with Crippen molar-refractivity contribution in [2.24, 2.45) is 0 Å². The summed E-state index contributed by atoms with van der Waals surface area (Å²) in [6, 6.07) is 39.4. The van der Waals surface area contributed by atoms with E-state index in [4.69, 9.17) is 0 Å². The van der Waals surface area contributed by atoms with Crippen LogP contribution in [-0.2, 0) is 0 Å². The topological polar surface area (TPSA) is 12.9 Å². The largest absolute Gasteiger partial charge is 0.256 e. The van der Waals surface area contributed by atoms with Crippen LogP contribution in [0.25, 0.3) is 64.1 Å². The fraction of sp³-hybridized carbons (Fsp3) is 0. The molecule has 7 aromatic rings. The lowest BCUT2D eigenvalue weighted by atomic mass is 9.96. The minimum atomic E-state index is 1.06. The highest BCUT2D eigenvalue weighted by molar-refractivity contribution is 7.26. The standard InChI is InChI=1S/C31H19NS/c1-2-12-29-26(9-1)27-11-4-10-25(31(27)33-29)24-7-3-6-22(18-24)23-16-14-20-13-15-21-8-5-17-32-30(21)28(20)19-23/h1-19H. The Bertz CT molecular complexity index is 1830. The number of hydrogen-bond acceptors (Lipinski definition) is 2. The van der Waals surface area contributed by atoms with E-state index in [9.17, 15) is 0 Å². The van der Waals surface area contributed by atoms with Gasteiger partial charge in [0.1, 0.15) is 0 Å². The van der Waals surface area contributed by atoms with Crippen LogP contribution in [0.1, 0.15) is 0 Å². The molecule has 154 valence electrons. The number of hydrogen-bond donors (Lipinski definition) is 0. The molecule has 0 aliphatic heterocycles. The van der Waals surface area contributed by atoms with E-state index in [0.29, 0.717) is 0 Å². The first-order valence-electron chi connectivity index (χ1n) is 11.1. The van der Waals surface area contributed by atoms with Crippen molar-refractivity contribution in [2.75, 3.05) is 0 Å². The van der Waals surface area contributed by atoms with Gasteiger partial charge in [-0.25, -0.2) is 0 Å². The van der Waals surface area contributed by atoms with Gasteiger partial charge in [0, 0.05) is 37.1 Å². The molecule has 0 fully saturated rings. The average molecular weight is 438 g/mol. The number of nitrogens with zero attached hydrogens (tertiary/aromatic N) is 1. The first-order chi connectivity index (χ1) is 16.3. The molecule has 0 saturated heterocycles. The third-order valence-corrected chi connectivity index (χ3v) is 7.72. The molecule has 5 aromatic carbocycles. The number of rotatable bonds is 2. The van der Waals surface area contributed by atoms with Crippen LogP contribution in [0.15, 0.2) is 115 Å². The van der Waals surface area contributed by atoms with Crippen LogP contribution in [0.4, 0.5) is 0 Å². The highest BCUT2D eigenvalue weighted by atomic mass is 32.1. The summed E-state index contributed by atoms with van der Waals surface area (Å²) < 4.78 is 2.69. The maximum Gasteiger partial charge on any atom is 0.0780 e. The summed E-state index contributed by atoms with van der Waals surface area (Å²) in [7, 11) is 0. The van der Waals surface area contributed by atoms with Crippen LogP contribution in [0.5, 0.6) is 0 Å². The van der Waals surface area contributed by atoms with Gasteiger partial charge in [-0.1, -0.05) is 84.9 Å². The van der Waals surface area contributed by atoms with Crippen LogP contribution in [0, 0.1) is 0 Å².